The number of carbonyl (C=O) groups excluding carboxylic acids is 2. The van der Waals surface area contributed by atoms with Crippen molar-refractivity contribution in [3.63, 3.8) is 0 Å². The smallest absolute Gasteiger partial charge is 0.306 e. The molecule has 0 aromatic carbocycles. The van der Waals surface area contributed by atoms with E-state index in [9.17, 15) is 9.59 Å². The minimum Gasteiger partial charge on any atom is -0.466 e. The normalized spacial score (nSPS) is 12.2. The number of hydrogen-bond acceptors (Lipinski definition) is 4. The van der Waals surface area contributed by atoms with Crippen molar-refractivity contribution < 1.29 is 19.1 Å². The van der Waals surface area contributed by atoms with E-state index in [-0.39, 0.29) is 11.9 Å². The monoisotopic (exact) mass is 454 g/mol. The molecular formula is C28H54O4. The zero-order valence-corrected chi connectivity index (χ0v) is 21.9. The van der Waals surface area contributed by atoms with Crippen molar-refractivity contribution in [2.24, 2.45) is 11.8 Å². The van der Waals surface area contributed by atoms with E-state index >= 15 is 0 Å². The van der Waals surface area contributed by atoms with E-state index < -0.39 is 0 Å². The van der Waals surface area contributed by atoms with Crippen molar-refractivity contribution in [1.82, 2.24) is 0 Å². The number of rotatable bonds is 23. The molecule has 0 radical (unpaired) electrons. The molecule has 190 valence electrons. The molecule has 0 aliphatic rings. The van der Waals surface area contributed by atoms with E-state index in [1.165, 1.54) is 44.9 Å². The van der Waals surface area contributed by atoms with Gasteiger partial charge in [0.2, 0.25) is 0 Å². The third-order valence-corrected chi connectivity index (χ3v) is 6.35. The maximum atomic E-state index is 12.1. The van der Waals surface area contributed by atoms with Crippen LogP contribution < -0.4 is 0 Å². The van der Waals surface area contributed by atoms with Gasteiger partial charge in [0.05, 0.1) is 13.2 Å². The molecule has 0 N–H and O–H groups in total. The number of unbranched alkanes of at least 4 members (excludes halogenated alkanes) is 12. The lowest BCUT2D eigenvalue weighted by molar-refractivity contribution is -0.145. The van der Waals surface area contributed by atoms with Crippen molar-refractivity contribution in [3.8, 4) is 0 Å². The first kappa shape index (κ1) is 30.9. The summed E-state index contributed by atoms with van der Waals surface area (Å²) in [6, 6.07) is 0. The van der Waals surface area contributed by atoms with Crippen LogP contribution in [0.15, 0.2) is 0 Å². The highest BCUT2D eigenvalue weighted by Gasteiger charge is 2.18. The third kappa shape index (κ3) is 20.8. The Morgan fingerprint density at radius 2 is 1.06 bits per heavy atom. The number of carbonyl (C=O) groups is 2. The van der Waals surface area contributed by atoms with Crippen LogP contribution in [0.4, 0.5) is 0 Å². The van der Waals surface area contributed by atoms with Gasteiger partial charge in [-0.15, -0.1) is 0 Å². The summed E-state index contributed by atoms with van der Waals surface area (Å²) in [6.07, 6.45) is 19.8. The van der Waals surface area contributed by atoms with Crippen molar-refractivity contribution in [3.05, 3.63) is 0 Å². The van der Waals surface area contributed by atoms with Gasteiger partial charge in [0.1, 0.15) is 0 Å². The molecular weight excluding hydrogens is 400 g/mol. The van der Waals surface area contributed by atoms with Crippen LogP contribution in [0.3, 0.4) is 0 Å². The van der Waals surface area contributed by atoms with E-state index in [0.29, 0.717) is 37.9 Å². The fraction of sp³-hybridized carbons (Fsp3) is 0.929. The summed E-state index contributed by atoms with van der Waals surface area (Å²) in [5.74, 6) is 0.953. The van der Waals surface area contributed by atoms with Crippen LogP contribution in [0.25, 0.3) is 0 Å². The third-order valence-electron chi connectivity index (χ3n) is 6.35. The molecule has 0 heterocycles. The fourth-order valence-electron chi connectivity index (χ4n) is 4.01. The largest absolute Gasteiger partial charge is 0.466 e. The van der Waals surface area contributed by atoms with E-state index in [2.05, 4.69) is 27.7 Å². The Bertz CT molecular complexity index is 433. The van der Waals surface area contributed by atoms with Gasteiger partial charge in [-0.2, -0.15) is 0 Å². The van der Waals surface area contributed by atoms with Crippen LogP contribution in [0, 0.1) is 11.8 Å². The first-order valence-electron chi connectivity index (χ1n) is 13.8. The Kier molecular flexibility index (Phi) is 22.3. The summed E-state index contributed by atoms with van der Waals surface area (Å²) < 4.78 is 10.6. The Morgan fingerprint density at radius 1 is 0.594 bits per heavy atom. The number of esters is 2. The van der Waals surface area contributed by atoms with Crippen molar-refractivity contribution in [2.75, 3.05) is 13.2 Å². The van der Waals surface area contributed by atoms with Gasteiger partial charge in [-0.1, -0.05) is 105 Å². The maximum absolute atomic E-state index is 12.1. The average molecular weight is 455 g/mol. The summed E-state index contributed by atoms with van der Waals surface area (Å²) in [7, 11) is 0. The molecule has 0 aromatic heterocycles. The van der Waals surface area contributed by atoms with E-state index in [4.69, 9.17) is 9.47 Å². The fourth-order valence-corrected chi connectivity index (χ4v) is 4.01. The molecule has 4 nitrogen and oxygen atoms in total. The Balaban J connectivity index is 3.56. The molecule has 1 unspecified atom stereocenters. The quantitative estimate of drug-likeness (QED) is 0.115. The van der Waals surface area contributed by atoms with Crippen LogP contribution in [-0.2, 0) is 19.1 Å². The van der Waals surface area contributed by atoms with E-state index in [1.807, 2.05) is 0 Å². The second-order valence-electron chi connectivity index (χ2n) is 9.78. The van der Waals surface area contributed by atoms with Gasteiger partial charge in [-0.05, 0) is 37.5 Å². The van der Waals surface area contributed by atoms with E-state index in [1.54, 1.807) is 0 Å². The van der Waals surface area contributed by atoms with Gasteiger partial charge >= 0.3 is 11.9 Å². The topological polar surface area (TPSA) is 52.6 Å². The van der Waals surface area contributed by atoms with Crippen LogP contribution in [0.5, 0.6) is 0 Å². The standard InChI is InChI=1S/C28H54O4/c1-5-7-18-22-31-27(29)21-17-15-13-11-9-10-12-14-16-20-26(25(3)4)24-28(30)32-23-19-8-6-2/h25-26H,5-24H2,1-4H3. The van der Waals surface area contributed by atoms with Crippen molar-refractivity contribution in [1.29, 1.82) is 0 Å². The lowest BCUT2D eigenvalue weighted by Gasteiger charge is -2.20. The highest BCUT2D eigenvalue weighted by atomic mass is 16.5. The minimum absolute atomic E-state index is 0.00967. The molecule has 0 fully saturated rings. The number of ether oxygens (including phenoxy) is 2. The summed E-state index contributed by atoms with van der Waals surface area (Å²) in [4.78, 5) is 23.7. The predicted octanol–water partition coefficient (Wildman–Crippen LogP) is 8.41. The second-order valence-corrected chi connectivity index (χ2v) is 9.78. The summed E-state index contributed by atoms with van der Waals surface area (Å²) in [5.41, 5.74) is 0. The molecule has 32 heavy (non-hydrogen) atoms. The predicted molar refractivity (Wildman–Crippen MR) is 135 cm³/mol. The van der Waals surface area contributed by atoms with Gasteiger partial charge in [0, 0.05) is 12.8 Å². The van der Waals surface area contributed by atoms with Gasteiger partial charge in [0.15, 0.2) is 0 Å². The molecule has 0 spiro atoms. The Morgan fingerprint density at radius 3 is 1.56 bits per heavy atom. The average Bonchev–Trinajstić information content (AvgIpc) is 2.77. The Labute approximate surface area is 199 Å². The summed E-state index contributed by atoms with van der Waals surface area (Å²) in [5, 5.41) is 0. The molecule has 1 atom stereocenters. The number of hydrogen-bond donors (Lipinski definition) is 0. The molecule has 0 saturated heterocycles. The van der Waals surface area contributed by atoms with Crippen molar-refractivity contribution >= 4 is 11.9 Å². The van der Waals surface area contributed by atoms with Gasteiger partial charge in [-0.3, -0.25) is 9.59 Å². The van der Waals surface area contributed by atoms with Crippen LogP contribution in [0.1, 0.15) is 143 Å². The molecule has 0 amide bonds. The molecule has 0 rings (SSSR count). The Hall–Kier alpha value is -1.06. The first-order chi connectivity index (χ1) is 15.5. The molecule has 0 saturated carbocycles. The maximum Gasteiger partial charge on any atom is 0.306 e. The second kappa shape index (κ2) is 23.1. The summed E-state index contributed by atoms with van der Waals surface area (Å²) >= 11 is 0. The summed E-state index contributed by atoms with van der Waals surface area (Å²) in [6.45, 7) is 9.94. The SMILES string of the molecule is CCCCCOC(=O)CCCCCCCCCCCC(CC(=O)OCCCCC)C(C)C. The van der Waals surface area contributed by atoms with Crippen LogP contribution in [0.2, 0.25) is 0 Å². The molecule has 0 aromatic rings. The van der Waals surface area contributed by atoms with Gasteiger partial charge < -0.3 is 9.47 Å². The van der Waals surface area contributed by atoms with Crippen molar-refractivity contribution in [2.45, 2.75) is 143 Å². The van der Waals surface area contributed by atoms with E-state index in [0.717, 1.165) is 57.8 Å². The van der Waals surface area contributed by atoms with Gasteiger partial charge in [0.25, 0.3) is 0 Å². The molecule has 0 aliphatic heterocycles. The highest BCUT2D eigenvalue weighted by Crippen LogP contribution is 2.23. The van der Waals surface area contributed by atoms with Crippen LogP contribution >= 0.6 is 0 Å². The van der Waals surface area contributed by atoms with Gasteiger partial charge in [-0.25, -0.2) is 0 Å². The minimum atomic E-state index is -0.0226. The lowest BCUT2D eigenvalue weighted by atomic mass is 9.87. The zero-order valence-electron chi connectivity index (χ0n) is 21.9. The first-order valence-corrected chi connectivity index (χ1v) is 13.8. The highest BCUT2D eigenvalue weighted by molar-refractivity contribution is 5.69. The van der Waals surface area contributed by atoms with Crippen LogP contribution in [-0.4, -0.2) is 25.2 Å². The lowest BCUT2D eigenvalue weighted by Crippen LogP contribution is -2.17. The molecule has 0 bridgehead atoms. The zero-order chi connectivity index (χ0) is 23.9. The molecule has 0 aliphatic carbocycles. The molecule has 4 heteroatoms.